The minimum absolute atomic E-state index is 0.0609. The fourth-order valence-corrected chi connectivity index (χ4v) is 3.73. The lowest BCUT2D eigenvalue weighted by Gasteiger charge is -2.32. The van der Waals surface area contributed by atoms with E-state index in [-0.39, 0.29) is 17.4 Å². The number of carbonyl (C=O) groups is 1. The van der Waals surface area contributed by atoms with Gasteiger partial charge in [-0.2, -0.15) is 5.10 Å². The van der Waals surface area contributed by atoms with E-state index in [0.29, 0.717) is 30.3 Å². The van der Waals surface area contributed by atoms with E-state index in [1.807, 2.05) is 24.8 Å². The lowest BCUT2D eigenvalue weighted by Crippen LogP contribution is -2.40. The predicted octanol–water partition coefficient (Wildman–Crippen LogP) is 1.76. The second-order valence-electron chi connectivity index (χ2n) is 7.18. The van der Waals surface area contributed by atoms with Crippen LogP contribution in [0.1, 0.15) is 52.2 Å². The molecule has 1 N–H and O–H groups in total. The monoisotopic (exact) mass is 366 g/mol. The zero-order chi connectivity index (χ0) is 19.1. The molecule has 0 bridgehead atoms. The van der Waals surface area contributed by atoms with Crippen LogP contribution < -0.4 is 5.56 Å². The summed E-state index contributed by atoms with van der Waals surface area (Å²) in [6.45, 7) is 6.81. The molecule has 1 atom stereocenters. The largest absolute Gasteiger partial charge is 0.337 e. The standard InChI is InChI=1S/C19H22N6O2/c1-11-7-17-22-16(8-12(2)25(17)23-11)19(27)24-6-4-5-14(10-24)15-9-18(26)21-13(3)20-15/h7-9,14H,4-6,10H2,1-3H3,(H,20,21,26). The van der Waals surface area contributed by atoms with Crippen molar-refractivity contribution in [3.8, 4) is 0 Å². The molecule has 1 amide bonds. The van der Waals surface area contributed by atoms with Gasteiger partial charge in [0.2, 0.25) is 0 Å². The molecule has 3 aromatic heterocycles. The number of fused-ring (bicyclic) bond motifs is 1. The lowest BCUT2D eigenvalue weighted by atomic mass is 9.94. The highest BCUT2D eigenvalue weighted by Crippen LogP contribution is 2.26. The zero-order valence-electron chi connectivity index (χ0n) is 15.7. The number of rotatable bonds is 2. The SMILES string of the molecule is Cc1cc2nc(C(=O)N3CCCC(c4cc(=O)[nH]c(C)n4)C3)cc(C)n2n1. The summed E-state index contributed by atoms with van der Waals surface area (Å²) in [6, 6.07) is 5.18. The number of aryl methyl sites for hydroxylation is 3. The number of nitrogens with one attached hydrogen (secondary N) is 1. The molecule has 8 heteroatoms. The number of aromatic amines is 1. The first-order valence-electron chi connectivity index (χ1n) is 9.12. The average molecular weight is 366 g/mol. The summed E-state index contributed by atoms with van der Waals surface area (Å²) in [6.07, 6.45) is 1.78. The van der Waals surface area contributed by atoms with Crippen molar-refractivity contribution >= 4 is 11.6 Å². The second-order valence-corrected chi connectivity index (χ2v) is 7.18. The minimum Gasteiger partial charge on any atom is -0.337 e. The summed E-state index contributed by atoms with van der Waals surface area (Å²) in [4.78, 5) is 38.3. The third-order valence-corrected chi connectivity index (χ3v) is 4.95. The van der Waals surface area contributed by atoms with E-state index in [2.05, 4.69) is 20.1 Å². The molecule has 4 heterocycles. The van der Waals surface area contributed by atoms with Gasteiger partial charge < -0.3 is 9.88 Å². The Balaban J connectivity index is 1.61. The van der Waals surface area contributed by atoms with Crippen molar-refractivity contribution in [2.24, 2.45) is 0 Å². The van der Waals surface area contributed by atoms with Crippen LogP contribution in [0.3, 0.4) is 0 Å². The molecule has 140 valence electrons. The molecule has 1 unspecified atom stereocenters. The van der Waals surface area contributed by atoms with Gasteiger partial charge in [0.1, 0.15) is 11.5 Å². The van der Waals surface area contributed by atoms with Gasteiger partial charge in [-0.1, -0.05) is 0 Å². The molecular formula is C19H22N6O2. The van der Waals surface area contributed by atoms with Crippen molar-refractivity contribution in [1.29, 1.82) is 0 Å². The van der Waals surface area contributed by atoms with Gasteiger partial charge >= 0.3 is 0 Å². The molecule has 0 radical (unpaired) electrons. The van der Waals surface area contributed by atoms with Crippen LogP contribution in [-0.4, -0.2) is 48.5 Å². The number of piperidine rings is 1. The van der Waals surface area contributed by atoms with Gasteiger partial charge in [-0.15, -0.1) is 0 Å². The van der Waals surface area contributed by atoms with E-state index < -0.39 is 0 Å². The Hall–Kier alpha value is -3.03. The Bertz CT molecular complexity index is 1080. The molecule has 1 fully saturated rings. The van der Waals surface area contributed by atoms with Gasteiger partial charge in [0.15, 0.2) is 5.65 Å². The molecule has 27 heavy (non-hydrogen) atoms. The van der Waals surface area contributed by atoms with Gasteiger partial charge in [0, 0.05) is 36.8 Å². The summed E-state index contributed by atoms with van der Waals surface area (Å²) in [5, 5.41) is 4.38. The third-order valence-electron chi connectivity index (χ3n) is 4.95. The third kappa shape index (κ3) is 3.34. The van der Waals surface area contributed by atoms with E-state index in [1.54, 1.807) is 17.5 Å². The number of hydrogen-bond donors (Lipinski definition) is 1. The van der Waals surface area contributed by atoms with Gasteiger partial charge in [0.25, 0.3) is 11.5 Å². The van der Waals surface area contributed by atoms with Crippen LogP contribution in [0.5, 0.6) is 0 Å². The smallest absolute Gasteiger partial charge is 0.272 e. The van der Waals surface area contributed by atoms with Crippen molar-refractivity contribution < 1.29 is 4.79 Å². The number of hydrogen-bond acceptors (Lipinski definition) is 5. The van der Waals surface area contributed by atoms with Gasteiger partial charge in [-0.05, 0) is 39.7 Å². The van der Waals surface area contributed by atoms with Crippen LogP contribution >= 0.6 is 0 Å². The van der Waals surface area contributed by atoms with E-state index in [9.17, 15) is 9.59 Å². The van der Waals surface area contributed by atoms with Gasteiger partial charge in [-0.25, -0.2) is 14.5 Å². The minimum atomic E-state index is -0.153. The number of aromatic nitrogens is 5. The number of carbonyl (C=O) groups excluding carboxylic acids is 1. The highest BCUT2D eigenvalue weighted by Gasteiger charge is 2.27. The normalized spacial score (nSPS) is 17.4. The molecule has 4 rings (SSSR count). The summed E-state index contributed by atoms with van der Waals surface area (Å²) in [7, 11) is 0. The Kier molecular flexibility index (Phi) is 4.25. The summed E-state index contributed by atoms with van der Waals surface area (Å²) < 4.78 is 1.74. The quantitative estimate of drug-likeness (QED) is 0.745. The number of H-pyrrole nitrogens is 1. The first kappa shape index (κ1) is 17.4. The van der Waals surface area contributed by atoms with Crippen LogP contribution in [0.4, 0.5) is 0 Å². The van der Waals surface area contributed by atoms with Crippen molar-refractivity contribution in [3.05, 3.63) is 57.2 Å². The molecule has 1 aliphatic rings. The highest BCUT2D eigenvalue weighted by atomic mass is 16.2. The predicted molar refractivity (Wildman–Crippen MR) is 99.9 cm³/mol. The van der Waals surface area contributed by atoms with Gasteiger partial charge in [0.05, 0.1) is 11.4 Å². The van der Waals surface area contributed by atoms with Crippen LogP contribution in [-0.2, 0) is 0 Å². The fraction of sp³-hybridized carbons (Fsp3) is 0.421. The molecule has 1 saturated heterocycles. The van der Waals surface area contributed by atoms with Crippen LogP contribution in [0.15, 0.2) is 23.0 Å². The maximum Gasteiger partial charge on any atom is 0.272 e. The topological polar surface area (TPSA) is 96.2 Å². The van der Waals surface area contributed by atoms with Crippen LogP contribution in [0.2, 0.25) is 0 Å². The van der Waals surface area contributed by atoms with E-state index in [1.165, 1.54) is 6.07 Å². The summed E-state index contributed by atoms with van der Waals surface area (Å²) in [5.74, 6) is 0.566. The highest BCUT2D eigenvalue weighted by molar-refractivity contribution is 5.93. The molecule has 0 spiro atoms. The zero-order valence-corrected chi connectivity index (χ0v) is 15.7. The Morgan fingerprint density at radius 2 is 2.00 bits per heavy atom. The Morgan fingerprint density at radius 3 is 2.78 bits per heavy atom. The number of likely N-dealkylation sites (tertiary alicyclic amines) is 1. The molecule has 1 aliphatic heterocycles. The maximum atomic E-state index is 13.1. The van der Waals surface area contributed by atoms with E-state index >= 15 is 0 Å². The van der Waals surface area contributed by atoms with E-state index in [4.69, 9.17) is 0 Å². The molecule has 0 aromatic carbocycles. The van der Waals surface area contributed by atoms with Crippen LogP contribution in [0, 0.1) is 20.8 Å². The first-order chi connectivity index (χ1) is 12.9. The van der Waals surface area contributed by atoms with Crippen molar-refractivity contribution in [1.82, 2.24) is 29.5 Å². The fourth-order valence-electron chi connectivity index (χ4n) is 3.73. The molecule has 8 nitrogen and oxygen atoms in total. The Morgan fingerprint density at radius 1 is 1.19 bits per heavy atom. The molecule has 0 saturated carbocycles. The van der Waals surface area contributed by atoms with Crippen molar-refractivity contribution in [2.75, 3.05) is 13.1 Å². The Labute approximate surface area is 156 Å². The average Bonchev–Trinajstić information content (AvgIpc) is 3.01. The van der Waals surface area contributed by atoms with Crippen molar-refractivity contribution in [3.63, 3.8) is 0 Å². The lowest BCUT2D eigenvalue weighted by molar-refractivity contribution is 0.0700. The van der Waals surface area contributed by atoms with E-state index in [0.717, 1.165) is 29.9 Å². The maximum absolute atomic E-state index is 13.1. The number of nitrogens with zero attached hydrogens (tertiary/aromatic N) is 5. The molecule has 3 aromatic rings. The molecular weight excluding hydrogens is 344 g/mol. The van der Waals surface area contributed by atoms with Crippen molar-refractivity contribution in [2.45, 2.75) is 39.5 Å². The first-order valence-corrected chi connectivity index (χ1v) is 9.12. The second kappa shape index (κ2) is 6.61. The number of amides is 1. The van der Waals surface area contributed by atoms with Gasteiger partial charge in [-0.3, -0.25) is 9.59 Å². The van der Waals surface area contributed by atoms with Crippen LogP contribution in [0.25, 0.3) is 5.65 Å². The molecule has 0 aliphatic carbocycles. The summed E-state index contributed by atoms with van der Waals surface area (Å²) >= 11 is 0. The summed E-state index contributed by atoms with van der Waals surface area (Å²) in [5.41, 5.74) is 3.44.